The minimum Gasteiger partial charge on any atom is -0.380 e. The number of nitrogens with one attached hydrogen (secondary N) is 1. The van der Waals surface area contributed by atoms with E-state index in [1.807, 2.05) is 30.3 Å². The first kappa shape index (κ1) is 18.8. The maximum absolute atomic E-state index is 11.5. The minimum absolute atomic E-state index is 0.233. The van der Waals surface area contributed by atoms with Gasteiger partial charge in [0.15, 0.2) is 26.9 Å². The molecule has 10 nitrogen and oxygen atoms in total. The molecule has 1 fully saturated rings. The van der Waals surface area contributed by atoms with E-state index in [1.54, 1.807) is 10.7 Å². The number of nitrogen functional groups attached to an aromatic ring is 1. The molecule has 0 radical (unpaired) electrons. The van der Waals surface area contributed by atoms with E-state index < -0.39 is 9.84 Å². The molecule has 1 aromatic carbocycles. The molecule has 3 N–H and O–H groups in total. The molecule has 30 heavy (non-hydrogen) atoms. The molecule has 11 heteroatoms. The topological polar surface area (TPSA) is 132 Å². The van der Waals surface area contributed by atoms with Crippen molar-refractivity contribution in [2.75, 3.05) is 48.7 Å². The highest BCUT2D eigenvalue weighted by Gasteiger charge is 2.21. The molecule has 0 amide bonds. The van der Waals surface area contributed by atoms with E-state index >= 15 is 0 Å². The summed E-state index contributed by atoms with van der Waals surface area (Å²) >= 11 is 0. The van der Waals surface area contributed by atoms with Gasteiger partial charge >= 0.3 is 0 Å². The van der Waals surface area contributed by atoms with Gasteiger partial charge in [0.2, 0.25) is 0 Å². The lowest BCUT2D eigenvalue weighted by molar-refractivity contribution is 0.307. The second-order valence-electron chi connectivity index (χ2n) is 7.33. The summed E-state index contributed by atoms with van der Waals surface area (Å²) < 4.78 is 30.0. The normalized spacial score (nSPS) is 16.9. The fourth-order valence-electron chi connectivity index (χ4n) is 3.60. The van der Waals surface area contributed by atoms with Crippen LogP contribution in [0.15, 0.2) is 41.1 Å². The Morgan fingerprint density at radius 2 is 2.00 bits per heavy atom. The van der Waals surface area contributed by atoms with E-state index in [0.29, 0.717) is 31.0 Å². The highest BCUT2D eigenvalue weighted by atomic mass is 32.2. The number of sulfone groups is 1. The molecular weight excluding hydrogens is 406 g/mol. The zero-order valence-electron chi connectivity index (χ0n) is 16.2. The molecule has 0 spiro atoms. The smallest absolute Gasteiger partial charge is 0.174 e. The van der Waals surface area contributed by atoms with Gasteiger partial charge in [0.05, 0.1) is 28.8 Å². The number of hydrogen-bond donors (Lipinski definition) is 2. The zero-order valence-corrected chi connectivity index (χ0v) is 17.0. The number of fused-ring (bicyclic) bond motifs is 2. The lowest BCUT2D eigenvalue weighted by Crippen LogP contribution is -2.42. The van der Waals surface area contributed by atoms with Crippen molar-refractivity contribution < 1.29 is 12.9 Å². The Labute approximate surface area is 172 Å². The van der Waals surface area contributed by atoms with Gasteiger partial charge < -0.3 is 15.6 Å². The summed E-state index contributed by atoms with van der Waals surface area (Å²) in [4.78, 5) is 6.58. The number of benzene rings is 1. The summed E-state index contributed by atoms with van der Waals surface area (Å²) in [5.74, 6) is 1.53. The first-order valence-electron chi connectivity index (χ1n) is 9.65. The fraction of sp³-hybridized carbons (Fsp3) is 0.316. The average Bonchev–Trinajstić information content (AvgIpc) is 3.32. The van der Waals surface area contributed by atoms with Crippen molar-refractivity contribution in [2.45, 2.75) is 0 Å². The standard InChI is InChI=1S/C19H21N7O3S/c20-19-14-11-13(1-2-16(14)29-24-19)15-12-22-18-4-3-17(23-26(15)18)21-5-6-25-7-9-30(27,28)10-8-25/h1-4,11-12H,5-10H2,(H2,20,24)(H,21,23). The van der Waals surface area contributed by atoms with Crippen LogP contribution in [0, 0.1) is 0 Å². The van der Waals surface area contributed by atoms with Crippen LogP contribution in [0.3, 0.4) is 0 Å². The van der Waals surface area contributed by atoms with Gasteiger partial charge in [-0.15, -0.1) is 5.10 Å². The monoisotopic (exact) mass is 427 g/mol. The van der Waals surface area contributed by atoms with Crippen molar-refractivity contribution in [3.63, 3.8) is 0 Å². The number of anilines is 2. The maximum Gasteiger partial charge on any atom is 0.174 e. The Bertz CT molecular complexity index is 1310. The highest BCUT2D eigenvalue weighted by Crippen LogP contribution is 2.28. The Balaban J connectivity index is 1.33. The Kier molecular flexibility index (Phi) is 4.55. The molecule has 1 aliphatic heterocycles. The van der Waals surface area contributed by atoms with E-state index in [9.17, 15) is 8.42 Å². The summed E-state index contributed by atoms with van der Waals surface area (Å²) in [5.41, 5.74) is 8.98. The summed E-state index contributed by atoms with van der Waals surface area (Å²) in [7, 11) is -2.86. The zero-order chi connectivity index (χ0) is 20.7. The van der Waals surface area contributed by atoms with Gasteiger partial charge in [-0.3, -0.25) is 4.90 Å². The van der Waals surface area contributed by atoms with Crippen molar-refractivity contribution >= 4 is 38.1 Å². The van der Waals surface area contributed by atoms with Crippen LogP contribution in [0.4, 0.5) is 11.6 Å². The lowest BCUT2D eigenvalue weighted by Gasteiger charge is -2.26. The van der Waals surface area contributed by atoms with Crippen molar-refractivity contribution in [1.82, 2.24) is 24.7 Å². The molecule has 156 valence electrons. The van der Waals surface area contributed by atoms with Crippen LogP contribution < -0.4 is 11.1 Å². The summed E-state index contributed by atoms with van der Waals surface area (Å²) in [5, 5.41) is 12.5. The molecule has 0 atom stereocenters. The summed E-state index contributed by atoms with van der Waals surface area (Å²) in [6, 6.07) is 9.44. The molecular formula is C19H21N7O3S. The Hall–Kier alpha value is -3.18. The van der Waals surface area contributed by atoms with Gasteiger partial charge in [-0.25, -0.2) is 17.9 Å². The molecule has 0 unspecified atom stereocenters. The number of nitrogens with zero attached hydrogens (tertiary/aromatic N) is 5. The van der Waals surface area contributed by atoms with Crippen LogP contribution in [-0.2, 0) is 9.84 Å². The van der Waals surface area contributed by atoms with Crippen LogP contribution in [0.5, 0.6) is 0 Å². The van der Waals surface area contributed by atoms with E-state index in [1.165, 1.54) is 0 Å². The van der Waals surface area contributed by atoms with Gasteiger partial charge in [0.25, 0.3) is 0 Å². The molecule has 4 heterocycles. The van der Waals surface area contributed by atoms with Gasteiger partial charge in [0, 0.05) is 31.7 Å². The van der Waals surface area contributed by atoms with E-state index in [-0.39, 0.29) is 11.5 Å². The molecule has 0 aliphatic carbocycles. The molecule has 5 rings (SSSR count). The summed E-state index contributed by atoms with van der Waals surface area (Å²) in [6.07, 6.45) is 1.77. The van der Waals surface area contributed by atoms with Gasteiger partial charge in [-0.2, -0.15) is 0 Å². The quantitative estimate of drug-likeness (QED) is 0.483. The fourth-order valence-corrected chi connectivity index (χ4v) is 4.87. The summed E-state index contributed by atoms with van der Waals surface area (Å²) in [6.45, 7) is 2.59. The third kappa shape index (κ3) is 3.57. The second kappa shape index (κ2) is 7.26. The van der Waals surface area contributed by atoms with Crippen molar-refractivity contribution in [3.8, 4) is 11.3 Å². The van der Waals surface area contributed by atoms with Crippen molar-refractivity contribution in [1.29, 1.82) is 0 Å². The Morgan fingerprint density at radius 1 is 1.17 bits per heavy atom. The van der Waals surface area contributed by atoms with Crippen LogP contribution in [0.2, 0.25) is 0 Å². The van der Waals surface area contributed by atoms with Crippen molar-refractivity contribution in [2.24, 2.45) is 0 Å². The van der Waals surface area contributed by atoms with E-state index in [2.05, 4.69) is 25.5 Å². The highest BCUT2D eigenvalue weighted by molar-refractivity contribution is 7.91. The van der Waals surface area contributed by atoms with Crippen LogP contribution >= 0.6 is 0 Å². The number of nitrogens with two attached hydrogens (primary N) is 1. The van der Waals surface area contributed by atoms with Crippen LogP contribution in [0.25, 0.3) is 27.9 Å². The molecule has 1 saturated heterocycles. The van der Waals surface area contributed by atoms with Crippen LogP contribution in [0.1, 0.15) is 0 Å². The number of imidazole rings is 1. The third-order valence-corrected chi connectivity index (χ3v) is 6.94. The van der Waals surface area contributed by atoms with Gasteiger partial charge in [-0.1, -0.05) is 5.16 Å². The first-order chi connectivity index (χ1) is 14.5. The van der Waals surface area contributed by atoms with Crippen LogP contribution in [-0.4, -0.2) is 70.8 Å². The second-order valence-corrected chi connectivity index (χ2v) is 9.63. The lowest BCUT2D eigenvalue weighted by atomic mass is 10.1. The Morgan fingerprint density at radius 3 is 2.83 bits per heavy atom. The van der Waals surface area contributed by atoms with Gasteiger partial charge in [0.1, 0.15) is 5.82 Å². The number of hydrogen-bond acceptors (Lipinski definition) is 9. The molecule has 0 saturated carbocycles. The SMILES string of the molecule is Nc1noc2ccc(-c3cnc4ccc(NCCN5CCS(=O)(=O)CC5)nn34)cc12. The predicted molar refractivity (Wildman–Crippen MR) is 114 cm³/mol. The maximum atomic E-state index is 11.5. The molecule has 0 bridgehead atoms. The minimum atomic E-state index is -2.86. The largest absolute Gasteiger partial charge is 0.380 e. The molecule has 3 aromatic heterocycles. The first-order valence-corrected chi connectivity index (χ1v) is 11.5. The van der Waals surface area contributed by atoms with E-state index in [0.717, 1.165) is 34.7 Å². The molecule has 1 aliphatic rings. The predicted octanol–water partition coefficient (Wildman–Crippen LogP) is 1.26. The number of rotatable bonds is 5. The number of aromatic nitrogens is 4. The van der Waals surface area contributed by atoms with Gasteiger partial charge in [-0.05, 0) is 30.3 Å². The average molecular weight is 427 g/mol. The molecule has 4 aromatic rings. The van der Waals surface area contributed by atoms with Crippen molar-refractivity contribution in [3.05, 3.63) is 36.5 Å². The van der Waals surface area contributed by atoms with E-state index in [4.69, 9.17) is 10.3 Å². The third-order valence-electron chi connectivity index (χ3n) is 5.33.